The lowest BCUT2D eigenvalue weighted by Gasteiger charge is -2.27. The Morgan fingerprint density at radius 2 is 1.95 bits per heavy atom. The topological polar surface area (TPSA) is 47.7 Å². The van der Waals surface area contributed by atoms with E-state index < -0.39 is 0 Å². The molecule has 0 saturated carbocycles. The second-order valence-electron chi connectivity index (χ2n) is 4.73. The Labute approximate surface area is 119 Å². The van der Waals surface area contributed by atoms with Gasteiger partial charge in [-0.25, -0.2) is 0 Å². The van der Waals surface area contributed by atoms with E-state index in [0.29, 0.717) is 23.1 Å². The van der Waals surface area contributed by atoms with E-state index in [1.54, 1.807) is 14.2 Å². The van der Waals surface area contributed by atoms with Gasteiger partial charge in [-0.1, -0.05) is 11.6 Å². The molecule has 2 rings (SSSR count). The third-order valence-electron chi connectivity index (χ3n) is 3.65. The molecule has 0 radical (unpaired) electrons. The molecule has 1 unspecified atom stereocenters. The fourth-order valence-electron chi connectivity index (χ4n) is 2.68. The van der Waals surface area contributed by atoms with Crippen molar-refractivity contribution in [2.75, 3.05) is 33.9 Å². The molecule has 0 amide bonds. The predicted octanol–water partition coefficient (Wildman–Crippen LogP) is 2.45. The number of methoxy groups -OCH3 is 2. The summed E-state index contributed by atoms with van der Waals surface area (Å²) in [4.78, 5) is 2.40. The highest BCUT2D eigenvalue weighted by Gasteiger charge is 2.24. The fraction of sp³-hybridized carbons (Fsp3) is 0.571. The average molecular weight is 285 g/mol. The van der Waals surface area contributed by atoms with Gasteiger partial charge in [-0.3, -0.25) is 4.90 Å². The lowest BCUT2D eigenvalue weighted by Crippen LogP contribution is -2.31. The van der Waals surface area contributed by atoms with Crippen molar-refractivity contribution in [3.8, 4) is 11.5 Å². The minimum Gasteiger partial charge on any atom is -0.493 e. The summed E-state index contributed by atoms with van der Waals surface area (Å²) in [6.07, 6.45) is 2.47. The molecule has 2 N–H and O–H groups in total. The van der Waals surface area contributed by atoms with E-state index in [1.807, 2.05) is 12.1 Å². The van der Waals surface area contributed by atoms with E-state index in [-0.39, 0.29) is 6.04 Å². The monoisotopic (exact) mass is 284 g/mol. The van der Waals surface area contributed by atoms with Crippen molar-refractivity contribution >= 4 is 11.6 Å². The Bertz CT molecular complexity index is 434. The molecule has 0 spiro atoms. The third-order valence-corrected chi connectivity index (χ3v) is 3.93. The maximum Gasteiger partial charge on any atom is 0.179 e. The summed E-state index contributed by atoms with van der Waals surface area (Å²) in [5.74, 6) is 1.23. The third kappa shape index (κ3) is 2.96. The van der Waals surface area contributed by atoms with Crippen LogP contribution in [0.4, 0.5) is 0 Å². The normalized spacial score (nSPS) is 17.5. The van der Waals surface area contributed by atoms with Gasteiger partial charge in [-0.15, -0.1) is 0 Å². The maximum atomic E-state index is 6.26. The summed E-state index contributed by atoms with van der Waals surface area (Å²) in [5.41, 5.74) is 7.03. The van der Waals surface area contributed by atoms with Gasteiger partial charge in [-0.2, -0.15) is 0 Å². The number of nitrogens with two attached hydrogens (primary N) is 1. The molecule has 1 aliphatic heterocycles. The number of likely N-dealkylation sites (tertiary alicyclic amines) is 1. The van der Waals surface area contributed by atoms with Gasteiger partial charge in [0.15, 0.2) is 11.5 Å². The Kier molecular flexibility index (Phi) is 4.91. The SMILES string of the molecule is COc1cc(C(CN)N2CCCC2)cc(Cl)c1OC. The van der Waals surface area contributed by atoms with Crippen LogP contribution in [0.15, 0.2) is 12.1 Å². The lowest BCUT2D eigenvalue weighted by molar-refractivity contribution is 0.250. The van der Waals surface area contributed by atoms with E-state index in [9.17, 15) is 0 Å². The number of hydrogen-bond donors (Lipinski definition) is 1. The Balaban J connectivity index is 2.34. The van der Waals surface area contributed by atoms with Gasteiger partial charge >= 0.3 is 0 Å². The van der Waals surface area contributed by atoms with Crippen LogP contribution in [0.25, 0.3) is 0 Å². The Hall–Kier alpha value is -0.970. The Morgan fingerprint density at radius 1 is 1.26 bits per heavy atom. The molecule has 1 fully saturated rings. The van der Waals surface area contributed by atoms with E-state index in [2.05, 4.69) is 4.90 Å². The number of rotatable bonds is 5. The van der Waals surface area contributed by atoms with Gasteiger partial charge in [0.05, 0.1) is 19.2 Å². The summed E-state index contributed by atoms with van der Waals surface area (Å²) in [7, 11) is 3.20. The average Bonchev–Trinajstić information content (AvgIpc) is 2.92. The van der Waals surface area contributed by atoms with Crippen LogP contribution in [0, 0.1) is 0 Å². The summed E-state index contributed by atoms with van der Waals surface area (Å²) < 4.78 is 10.6. The van der Waals surface area contributed by atoms with Crippen LogP contribution in [0.1, 0.15) is 24.4 Å². The zero-order chi connectivity index (χ0) is 13.8. The smallest absolute Gasteiger partial charge is 0.179 e. The molecule has 5 heteroatoms. The molecule has 1 heterocycles. The van der Waals surface area contributed by atoms with E-state index in [0.717, 1.165) is 18.7 Å². The molecule has 1 atom stereocenters. The second-order valence-corrected chi connectivity index (χ2v) is 5.14. The van der Waals surface area contributed by atoms with Gasteiger partial charge in [0.25, 0.3) is 0 Å². The Morgan fingerprint density at radius 3 is 2.47 bits per heavy atom. The molecule has 1 aromatic rings. The summed E-state index contributed by atoms with van der Waals surface area (Å²) in [6, 6.07) is 4.10. The van der Waals surface area contributed by atoms with E-state index in [1.165, 1.54) is 12.8 Å². The first-order valence-electron chi connectivity index (χ1n) is 6.56. The standard InChI is InChI=1S/C14H21ClN2O2/c1-18-13-8-10(7-11(15)14(13)19-2)12(9-16)17-5-3-4-6-17/h7-8,12H,3-6,9,16H2,1-2H3. The maximum absolute atomic E-state index is 6.26. The predicted molar refractivity (Wildman–Crippen MR) is 77.2 cm³/mol. The van der Waals surface area contributed by atoms with Crippen molar-refractivity contribution in [2.24, 2.45) is 5.73 Å². The van der Waals surface area contributed by atoms with Gasteiger partial charge in [-0.05, 0) is 43.6 Å². The molecule has 0 aromatic heterocycles. The van der Waals surface area contributed by atoms with Gasteiger partial charge in [0.1, 0.15) is 0 Å². The van der Waals surface area contributed by atoms with Crippen molar-refractivity contribution in [2.45, 2.75) is 18.9 Å². The van der Waals surface area contributed by atoms with Crippen molar-refractivity contribution in [3.05, 3.63) is 22.7 Å². The molecule has 19 heavy (non-hydrogen) atoms. The first-order valence-corrected chi connectivity index (χ1v) is 6.94. The number of halogens is 1. The highest BCUT2D eigenvalue weighted by Crippen LogP contribution is 2.38. The highest BCUT2D eigenvalue weighted by atomic mass is 35.5. The van der Waals surface area contributed by atoms with Crippen LogP contribution in [-0.4, -0.2) is 38.8 Å². The van der Waals surface area contributed by atoms with Crippen LogP contribution < -0.4 is 15.2 Å². The number of benzene rings is 1. The molecular weight excluding hydrogens is 264 g/mol. The second kappa shape index (κ2) is 6.46. The summed E-state index contributed by atoms with van der Waals surface area (Å²) >= 11 is 6.26. The molecule has 106 valence electrons. The van der Waals surface area contributed by atoms with Crippen LogP contribution in [0.2, 0.25) is 5.02 Å². The number of ether oxygens (including phenoxy) is 2. The van der Waals surface area contributed by atoms with E-state index in [4.69, 9.17) is 26.8 Å². The minimum absolute atomic E-state index is 0.194. The highest BCUT2D eigenvalue weighted by molar-refractivity contribution is 6.32. The van der Waals surface area contributed by atoms with Crippen LogP contribution in [-0.2, 0) is 0 Å². The summed E-state index contributed by atoms with van der Waals surface area (Å²) in [6.45, 7) is 2.76. The van der Waals surface area contributed by atoms with Gasteiger partial charge in [0.2, 0.25) is 0 Å². The van der Waals surface area contributed by atoms with E-state index >= 15 is 0 Å². The van der Waals surface area contributed by atoms with Crippen LogP contribution >= 0.6 is 11.6 Å². The molecule has 1 saturated heterocycles. The number of hydrogen-bond acceptors (Lipinski definition) is 4. The van der Waals surface area contributed by atoms with Crippen LogP contribution in [0.3, 0.4) is 0 Å². The minimum atomic E-state index is 0.194. The number of nitrogens with zero attached hydrogens (tertiary/aromatic N) is 1. The quantitative estimate of drug-likeness (QED) is 0.902. The first-order chi connectivity index (χ1) is 9.21. The molecule has 4 nitrogen and oxygen atoms in total. The fourth-order valence-corrected chi connectivity index (χ4v) is 2.98. The molecule has 0 bridgehead atoms. The van der Waals surface area contributed by atoms with Crippen molar-refractivity contribution < 1.29 is 9.47 Å². The lowest BCUT2D eigenvalue weighted by atomic mass is 10.0. The van der Waals surface area contributed by atoms with Crippen molar-refractivity contribution in [3.63, 3.8) is 0 Å². The molecule has 1 aromatic carbocycles. The molecular formula is C14H21ClN2O2. The molecule has 0 aliphatic carbocycles. The first kappa shape index (κ1) is 14.4. The van der Waals surface area contributed by atoms with Crippen LogP contribution in [0.5, 0.6) is 11.5 Å². The zero-order valence-corrected chi connectivity index (χ0v) is 12.2. The molecule has 1 aliphatic rings. The van der Waals surface area contributed by atoms with Gasteiger partial charge in [0, 0.05) is 12.6 Å². The summed E-state index contributed by atoms with van der Waals surface area (Å²) in [5, 5.41) is 0.564. The van der Waals surface area contributed by atoms with Crippen molar-refractivity contribution in [1.82, 2.24) is 4.90 Å². The van der Waals surface area contributed by atoms with Crippen molar-refractivity contribution in [1.29, 1.82) is 0 Å². The largest absolute Gasteiger partial charge is 0.493 e. The van der Waals surface area contributed by atoms with Gasteiger partial charge < -0.3 is 15.2 Å². The zero-order valence-electron chi connectivity index (χ0n) is 11.5.